The summed E-state index contributed by atoms with van der Waals surface area (Å²) in [6.45, 7) is 0.216. The first-order chi connectivity index (χ1) is 15.5. The Bertz CT molecular complexity index is 1210. The van der Waals surface area contributed by atoms with E-state index in [1.165, 1.54) is 23.1 Å². The highest BCUT2D eigenvalue weighted by atomic mass is 16.6. The Morgan fingerprint density at radius 2 is 1.59 bits per heavy atom. The maximum Gasteiger partial charge on any atom is 0.295 e. The number of carbonyl (C=O) groups excluding carboxylic acids is 2. The van der Waals surface area contributed by atoms with Crippen LogP contribution in [-0.4, -0.2) is 33.2 Å². The minimum absolute atomic E-state index is 0.0743. The molecule has 1 atom stereocenters. The molecule has 160 valence electrons. The van der Waals surface area contributed by atoms with Gasteiger partial charge in [-0.25, -0.2) is 0 Å². The summed E-state index contributed by atoms with van der Waals surface area (Å²) < 4.78 is 0. The van der Waals surface area contributed by atoms with Crippen molar-refractivity contribution in [1.29, 1.82) is 0 Å². The standard InChI is InChI=1S/C25H20N2O5/c28-23(18-10-5-2-6-11-18)21-22(19-12-7-13-20(16-19)27(31)32)26(25(30)24(21)29)15-14-17-8-3-1-4-9-17/h1-13,16,22,28H,14-15H2/b23-21+. The SMILES string of the molecule is O=C1C(=O)N(CCc2ccccc2)C(c2cccc([N+](=O)[O-])c2)/C1=C(\O)c1ccccc1. The van der Waals surface area contributed by atoms with Crippen molar-refractivity contribution in [3.63, 3.8) is 0 Å². The highest BCUT2D eigenvalue weighted by Crippen LogP contribution is 2.40. The van der Waals surface area contributed by atoms with Gasteiger partial charge in [0.2, 0.25) is 0 Å². The fourth-order valence-corrected chi connectivity index (χ4v) is 3.91. The monoisotopic (exact) mass is 428 g/mol. The molecule has 3 aromatic rings. The molecule has 7 nitrogen and oxygen atoms in total. The predicted molar refractivity (Wildman–Crippen MR) is 119 cm³/mol. The molecule has 0 bridgehead atoms. The van der Waals surface area contributed by atoms with Gasteiger partial charge in [-0.05, 0) is 17.5 Å². The molecule has 1 heterocycles. The summed E-state index contributed by atoms with van der Waals surface area (Å²) in [6, 6.07) is 22.8. The van der Waals surface area contributed by atoms with E-state index in [2.05, 4.69) is 0 Å². The second-order valence-electron chi connectivity index (χ2n) is 7.45. The number of aliphatic hydroxyl groups is 1. The van der Waals surface area contributed by atoms with Gasteiger partial charge in [-0.15, -0.1) is 0 Å². The third-order valence-corrected chi connectivity index (χ3v) is 5.47. The first kappa shape index (κ1) is 21.0. The molecule has 1 aliphatic rings. The number of ketones is 1. The molecule has 0 aliphatic carbocycles. The van der Waals surface area contributed by atoms with Gasteiger partial charge >= 0.3 is 0 Å². The van der Waals surface area contributed by atoms with Crippen LogP contribution in [0.25, 0.3) is 5.76 Å². The number of likely N-dealkylation sites (tertiary alicyclic amines) is 1. The van der Waals surface area contributed by atoms with Gasteiger partial charge in [0.05, 0.1) is 16.5 Å². The summed E-state index contributed by atoms with van der Waals surface area (Å²) in [5.74, 6) is -1.85. The largest absolute Gasteiger partial charge is 0.507 e. The topological polar surface area (TPSA) is 101 Å². The molecule has 32 heavy (non-hydrogen) atoms. The zero-order valence-electron chi connectivity index (χ0n) is 17.0. The molecule has 0 saturated carbocycles. The van der Waals surface area contributed by atoms with Crippen LogP contribution in [0.1, 0.15) is 22.7 Å². The lowest BCUT2D eigenvalue weighted by Gasteiger charge is -2.25. The third-order valence-electron chi connectivity index (χ3n) is 5.47. The van der Waals surface area contributed by atoms with Gasteiger partial charge in [0.25, 0.3) is 17.4 Å². The van der Waals surface area contributed by atoms with Crippen molar-refractivity contribution in [3.05, 3.63) is 117 Å². The molecule has 3 aromatic carbocycles. The van der Waals surface area contributed by atoms with Crippen LogP contribution in [-0.2, 0) is 16.0 Å². The fraction of sp³-hybridized carbons (Fsp3) is 0.120. The van der Waals surface area contributed by atoms with Crippen LogP contribution < -0.4 is 0 Å². The van der Waals surface area contributed by atoms with E-state index in [1.807, 2.05) is 30.3 Å². The highest BCUT2D eigenvalue weighted by Gasteiger charge is 2.46. The van der Waals surface area contributed by atoms with Gasteiger partial charge < -0.3 is 10.0 Å². The van der Waals surface area contributed by atoms with Gasteiger partial charge in [0, 0.05) is 24.2 Å². The van der Waals surface area contributed by atoms with Gasteiger partial charge in [-0.2, -0.15) is 0 Å². The number of non-ortho nitro benzene ring substituents is 1. The van der Waals surface area contributed by atoms with E-state index < -0.39 is 22.7 Å². The van der Waals surface area contributed by atoms with Gasteiger partial charge in [0.1, 0.15) is 5.76 Å². The van der Waals surface area contributed by atoms with Gasteiger partial charge in [-0.1, -0.05) is 72.8 Å². The van der Waals surface area contributed by atoms with Crippen molar-refractivity contribution in [2.45, 2.75) is 12.5 Å². The minimum Gasteiger partial charge on any atom is -0.507 e. The number of nitro groups is 1. The Morgan fingerprint density at radius 3 is 2.25 bits per heavy atom. The van der Waals surface area contributed by atoms with Crippen LogP contribution >= 0.6 is 0 Å². The number of carbonyl (C=O) groups is 2. The zero-order valence-corrected chi connectivity index (χ0v) is 17.0. The maximum absolute atomic E-state index is 13.0. The van der Waals surface area contributed by atoms with Crippen LogP contribution in [0.5, 0.6) is 0 Å². The smallest absolute Gasteiger partial charge is 0.295 e. The van der Waals surface area contributed by atoms with E-state index in [1.54, 1.807) is 36.4 Å². The van der Waals surface area contributed by atoms with Crippen molar-refractivity contribution in [2.75, 3.05) is 6.54 Å². The minimum atomic E-state index is -0.932. The average molecular weight is 428 g/mol. The molecule has 1 amide bonds. The van der Waals surface area contributed by atoms with E-state index in [0.29, 0.717) is 17.5 Å². The molecule has 7 heteroatoms. The number of aliphatic hydroxyl groups excluding tert-OH is 1. The number of rotatable bonds is 6. The number of hydrogen-bond acceptors (Lipinski definition) is 5. The molecule has 1 fully saturated rings. The average Bonchev–Trinajstić information content (AvgIpc) is 3.08. The van der Waals surface area contributed by atoms with E-state index >= 15 is 0 Å². The Labute approximate surface area is 184 Å². The molecule has 1 saturated heterocycles. The van der Waals surface area contributed by atoms with Crippen LogP contribution in [0.4, 0.5) is 5.69 Å². The zero-order chi connectivity index (χ0) is 22.7. The van der Waals surface area contributed by atoms with Crippen molar-refractivity contribution in [2.24, 2.45) is 0 Å². The molecular formula is C25H20N2O5. The summed E-state index contributed by atoms with van der Waals surface area (Å²) in [6.07, 6.45) is 0.491. The second-order valence-corrected chi connectivity index (χ2v) is 7.45. The van der Waals surface area contributed by atoms with Crippen LogP contribution in [0.3, 0.4) is 0 Å². The van der Waals surface area contributed by atoms with E-state index in [-0.39, 0.29) is 23.6 Å². The maximum atomic E-state index is 13.0. The first-order valence-corrected chi connectivity index (χ1v) is 10.1. The molecular weight excluding hydrogens is 408 g/mol. The van der Waals surface area contributed by atoms with Crippen LogP contribution in [0.15, 0.2) is 90.5 Å². The van der Waals surface area contributed by atoms with Crippen molar-refractivity contribution < 1.29 is 19.6 Å². The van der Waals surface area contributed by atoms with Gasteiger partial charge in [-0.3, -0.25) is 19.7 Å². The Kier molecular flexibility index (Phi) is 5.81. The van der Waals surface area contributed by atoms with E-state index in [0.717, 1.165) is 5.56 Å². The molecule has 1 aliphatic heterocycles. The fourth-order valence-electron chi connectivity index (χ4n) is 3.91. The summed E-state index contributed by atoms with van der Waals surface area (Å²) >= 11 is 0. The lowest BCUT2D eigenvalue weighted by molar-refractivity contribution is -0.384. The number of amides is 1. The molecule has 0 radical (unpaired) electrons. The number of nitrogens with zero attached hydrogens (tertiary/aromatic N) is 2. The normalized spacial score (nSPS) is 17.5. The van der Waals surface area contributed by atoms with Crippen molar-refractivity contribution in [3.8, 4) is 0 Å². The number of Topliss-reactive ketones (excluding diaryl/α,β-unsaturated/α-hetero) is 1. The molecule has 4 rings (SSSR count). The number of hydrogen-bond donors (Lipinski definition) is 1. The van der Waals surface area contributed by atoms with E-state index in [9.17, 15) is 24.8 Å². The molecule has 0 aromatic heterocycles. The lowest BCUT2D eigenvalue weighted by Crippen LogP contribution is -2.31. The lowest BCUT2D eigenvalue weighted by atomic mass is 9.95. The Hall–Kier alpha value is -4.26. The van der Waals surface area contributed by atoms with Crippen LogP contribution in [0, 0.1) is 10.1 Å². The highest BCUT2D eigenvalue weighted by molar-refractivity contribution is 6.46. The number of benzene rings is 3. The van der Waals surface area contributed by atoms with Crippen molar-refractivity contribution >= 4 is 23.1 Å². The Balaban J connectivity index is 1.81. The summed E-state index contributed by atoms with van der Waals surface area (Å²) in [7, 11) is 0. The summed E-state index contributed by atoms with van der Waals surface area (Å²) in [4.78, 5) is 38.1. The van der Waals surface area contributed by atoms with Crippen LogP contribution in [0.2, 0.25) is 0 Å². The quantitative estimate of drug-likeness (QED) is 0.208. The summed E-state index contributed by atoms with van der Waals surface area (Å²) in [5.41, 5.74) is 1.54. The molecule has 1 unspecified atom stereocenters. The van der Waals surface area contributed by atoms with Gasteiger partial charge in [0.15, 0.2) is 0 Å². The number of nitro benzene ring substituents is 1. The summed E-state index contributed by atoms with van der Waals surface area (Å²) in [5, 5.41) is 22.3. The third kappa shape index (κ3) is 4.00. The Morgan fingerprint density at radius 1 is 0.938 bits per heavy atom. The molecule has 1 N–H and O–H groups in total. The second kappa shape index (κ2) is 8.85. The predicted octanol–water partition coefficient (Wildman–Crippen LogP) is 4.26. The molecule has 0 spiro atoms. The van der Waals surface area contributed by atoms with Crippen molar-refractivity contribution in [1.82, 2.24) is 4.90 Å². The van der Waals surface area contributed by atoms with E-state index in [4.69, 9.17) is 0 Å². The first-order valence-electron chi connectivity index (χ1n) is 10.1.